The number of nitrogens with zero attached hydrogens (tertiary/aromatic N) is 1. The standard InChI is InChI=1S/C14H26N2O3/c1-10-8-11(12(9-10)14(18)19)13(17)15-6-4-5-7-16(2)3/h10-12H,4-9H2,1-3H3,(H,15,17)(H,18,19). The maximum Gasteiger partial charge on any atom is 0.307 e. The average Bonchev–Trinajstić information content (AvgIpc) is 2.70. The van der Waals surface area contributed by atoms with Crippen molar-refractivity contribution >= 4 is 11.9 Å². The minimum Gasteiger partial charge on any atom is -0.481 e. The second kappa shape index (κ2) is 7.48. The van der Waals surface area contributed by atoms with E-state index in [1.165, 1.54) is 0 Å². The van der Waals surface area contributed by atoms with Gasteiger partial charge in [-0.2, -0.15) is 0 Å². The Balaban J connectivity index is 2.30. The summed E-state index contributed by atoms with van der Waals surface area (Å²) in [5, 5.41) is 12.0. The van der Waals surface area contributed by atoms with Crippen LogP contribution < -0.4 is 5.32 Å². The van der Waals surface area contributed by atoms with Crippen LogP contribution in [0.4, 0.5) is 0 Å². The highest BCUT2D eigenvalue weighted by molar-refractivity contribution is 5.85. The van der Waals surface area contributed by atoms with E-state index in [-0.39, 0.29) is 11.8 Å². The van der Waals surface area contributed by atoms with Crippen LogP contribution in [0.15, 0.2) is 0 Å². The van der Waals surface area contributed by atoms with Gasteiger partial charge in [-0.05, 0) is 52.2 Å². The van der Waals surface area contributed by atoms with E-state index in [9.17, 15) is 9.59 Å². The summed E-state index contributed by atoms with van der Waals surface area (Å²) >= 11 is 0. The molecule has 0 aromatic rings. The van der Waals surface area contributed by atoms with E-state index in [1.54, 1.807) is 0 Å². The summed E-state index contributed by atoms with van der Waals surface area (Å²) < 4.78 is 0. The molecule has 5 nitrogen and oxygen atoms in total. The quantitative estimate of drug-likeness (QED) is 0.682. The number of nitrogens with one attached hydrogen (secondary N) is 1. The highest BCUT2D eigenvalue weighted by atomic mass is 16.4. The van der Waals surface area contributed by atoms with E-state index in [4.69, 9.17) is 5.11 Å². The smallest absolute Gasteiger partial charge is 0.307 e. The zero-order valence-corrected chi connectivity index (χ0v) is 12.2. The van der Waals surface area contributed by atoms with Gasteiger partial charge in [0, 0.05) is 6.54 Å². The molecule has 1 aliphatic carbocycles. The molecule has 19 heavy (non-hydrogen) atoms. The molecule has 3 unspecified atom stereocenters. The van der Waals surface area contributed by atoms with Crippen LogP contribution >= 0.6 is 0 Å². The fraction of sp³-hybridized carbons (Fsp3) is 0.857. The van der Waals surface area contributed by atoms with Gasteiger partial charge in [0.05, 0.1) is 11.8 Å². The molecule has 1 aliphatic rings. The summed E-state index contributed by atoms with van der Waals surface area (Å²) in [6.45, 7) is 3.66. The van der Waals surface area contributed by atoms with Crippen LogP contribution in [-0.2, 0) is 9.59 Å². The molecule has 1 fully saturated rings. The first kappa shape index (κ1) is 16.0. The number of aliphatic carboxylic acids is 1. The van der Waals surface area contributed by atoms with Crippen molar-refractivity contribution < 1.29 is 14.7 Å². The lowest BCUT2D eigenvalue weighted by atomic mass is 9.95. The van der Waals surface area contributed by atoms with Crippen molar-refractivity contribution in [1.82, 2.24) is 10.2 Å². The number of hydrogen-bond acceptors (Lipinski definition) is 3. The molecule has 0 saturated heterocycles. The Kier molecular flexibility index (Phi) is 6.28. The number of carbonyl (C=O) groups is 2. The van der Waals surface area contributed by atoms with Crippen molar-refractivity contribution in [2.75, 3.05) is 27.2 Å². The Hall–Kier alpha value is -1.10. The number of unbranched alkanes of at least 4 members (excludes halogenated alkanes) is 1. The van der Waals surface area contributed by atoms with Crippen molar-refractivity contribution in [1.29, 1.82) is 0 Å². The maximum absolute atomic E-state index is 12.0. The third kappa shape index (κ3) is 5.19. The fourth-order valence-electron chi connectivity index (χ4n) is 2.75. The number of carbonyl (C=O) groups excluding carboxylic acids is 1. The molecule has 1 rings (SSSR count). The first-order valence-electron chi connectivity index (χ1n) is 7.07. The molecule has 110 valence electrons. The molecule has 1 amide bonds. The predicted octanol–water partition coefficient (Wildman–Crippen LogP) is 1.19. The van der Waals surface area contributed by atoms with E-state index < -0.39 is 11.9 Å². The maximum atomic E-state index is 12.0. The summed E-state index contributed by atoms with van der Waals surface area (Å²) in [5.41, 5.74) is 0. The topological polar surface area (TPSA) is 69.6 Å². The first-order valence-corrected chi connectivity index (χ1v) is 7.07. The zero-order chi connectivity index (χ0) is 14.4. The third-order valence-corrected chi connectivity index (χ3v) is 3.78. The summed E-state index contributed by atoms with van der Waals surface area (Å²) in [4.78, 5) is 25.3. The normalized spacial score (nSPS) is 26.6. The highest BCUT2D eigenvalue weighted by Gasteiger charge is 2.40. The lowest BCUT2D eigenvalue weighted by molar-refractivity contribution is -0.146. The monoisotopic (exact) mass is 270 g/mol. The van der Waals surface area contributed by atoms with Crippen molar-refractivity contribution in [3.8, 4) is 0 Å². The van der Waals surface area contributed by atoms with Crippen LogP contribution in [-0.4, -0.2) is 49.1 Å². The van der Waals surface area contributed by atoms with Crippen molar-refractivity contribution in [3.05, 3.63) is 0 Å². The number of carboxylic acids is 1. The SMILES string of the molecule is CC1CC(C(=O)O)C(C(=O)NCCCCN(C)C)C1. The van der Waals surface area contributed by atoms with Gasteiger partial charge >= 0.3 is 5.97 Å². The fourth-order valence-corrected chi connectivity index (χ4v) is 2.75. The third-order valence-electron chi connectivity index (χ3n) is 3.78. The molecule has 0 aliphatic heterocycles. The van der Waals surface area contributed by atoms with E-state index in [1.807, 2.05) is 21.0 Å². The molecule has 1 saturated carbocycles. The molecule has 0 radical (unpaired) electrons. The Morgan fingerprint density at radius 1 is 1.21 bits per heavy atom. The predicted molar refractivity (Wildman–Crippen MR) is 73.8 cm³/mol. The van der Waals surface area contributed by atoms with Gasteiger partial charge in [-0.1, -0.05) is 6.92 Å². The second-order valence-corrected chi connectivity index (χ2v) is 5.93. The summed E-state index contributed by atoms with van der Waals surface area (Å²) in [6, 6.07) is 0. The Bertz CT molecular complexity index is 318. The molecule has 3 atom stereocenters. The van der Waals surface area contributed by atoms with Gasteiger partial charge < -0.3 is 15.3 Å². The Labute approximate surface area is 115 Å². The Morgan fingerprint density at radius 3 is 2.42 bits per heavy atom. The number of hydrogen-bond donors (Lipinski definition) is 2. The summed E-state index contributed by atoms with van der Waals surface area (Å²) in [7, 11) is 4.05. The number of amides is 1. The lowest BCUT2D eigenvalue weighted by Crippen LogP contribution is -2.35. The van der Waals surface area contributed by atoms with Crippen LogP contribution in [0, 0.1) is 17.8 Å². The van der Waals surface area contributed by atoms with Crippen LogP contribution in [0.1, 0.15) is 32.6 Å². The van der Waals surface area contributed by atoms with Gasteiger partial charge in [0.25, 0.3) is 0 Å². The molecular weight excluding hydrogens is 244 g/mol. The van der Waals surface area contributed by atoms with Crippen LogP contribution in [0.2, 0.25) is 0 Å². The van der Waals surface area contributed by atoms with E-state index >= 15 is 0 Å². The molecule has 0 bridgehead atoms. The van der Waals surface area contributed by atoms with Gasteiger partial charge in [-0.3, -0.25) is 9.59 Å². The first-order chi connectivity index (χ1) is 8.91. The number of rotatable bonds is 7. The van der Waals surface area contributed by atoms with Crippen LogP contribution in [0.5, 0.6) is 0 Å². The molecule has 0 aromatic carbocycles. The minimum atomic E-state index is -0.836. The summed E-state index contributed by atoms with van der Waals surface area (Å²) in [5.74, 6) is -1.44. The highest BCUT2D eigenvalue weighted by Crippen LogP contribution is 2.36. The van der Waals surface area contributed by atoms with E-state index in [2.05, 4.69) is 10.2 Å². The largest absolute Gasteiger partial charge is 0.481 e. The molecule has 0 heterocycles. The van der Waals surface area contributed by atoms with Gasteiger partial charge in [0.15, 0.2) is 0 Å². The van der Waals surface area contributed by atoms with E-state index in [0.717, 1.165) is 19.4 Å². The Morgan fingerprint density at radius 2 is 1.84 bits per heavy atom. The number of carboxylic acid groups (broad SMARTS) is 1. The molecular formula is C14H26N2O3. The van der Waals surface area contributed by atoms with Crippen LogP contribution in [0.3, 0.4) is 0 Å². The average molecular weight is 270 g/mol. The van der Waals surface area contributed by atoms with Crippen molar-refractivity contribution in [2.45, 2.75) is 32.6 Å². The second-order valence-electron chi connectivity index (χ2n) is 5.93. The van der Waals surface area contributed by atoms with Gasteiger partial charge in [0.1, 0.15) is 0 Å². The molecule has 5 heteroatoms. The van der Waals surface area contributed by atoms with Gasteiger partial charge in [-0.25, -0.2) is 0 Å². The summed E-state index contributed by atoms with van der Waals surface area (Å²) in [6.07, 6.45) is 3.29. The molecule has 0 spiro atoms. The van der Waals surface area contributed by atoms with E-state index in [0.29, 0.717) is 25.3 Å². The van der Waals surface area contributed by atoms with Gasteiger partial charge in [-0.15, -0.1) is 0 Å². The van der Waals surface area contributed by atoms with Gasteiger partial charge in [0.2, 0.25) is 5.91 Å². The minimum absolute atomic E-state index is 0.0818. The van der Waals surface area contributed by atoms with Crippen molar-refractivity contribution in [2.24, 2.45) is 17.8 Å². The lowest BCUT2D eigenvalue weighted by Gasteiger charge is -2.15. The zero-order valence-electron chi connectivity index (χ0n) is 12.2. The molecule has 0 aromatic heterocycles. The van der Waals surface area contributed by atoms with Crippen LogP contribution in [0.25, 0.3) is 0 Å². The molecule has 2 N–H and O–H groups in total. The van der Waals surface area contributed by atoms with Crippen molar-refractivity contribution in [3.63, 3.8) is 0 Å².